The van der Waals surface area contributed by atoms with Crippen molar-refractivity contribution in [3.05, 3.63) is 63.9 Å². The number of sulfonamides is 1. The maximum absolute atomic E-state index is 13.5. The molecule has 0 aliphatic carbocycles. The van der Waals surface area contributed by atoms with Gasteiger partial charge in [-0.05, 0) is 58.2 Å². The summed E-state index contributed by atoms with van der Waals surface area (Å²) in [4.78, 5) is 11.9. The van der Waals surface area contributed by atoms with Crippen LogP contribution >= 0.6 is 15.9 Å². The summed E-state index contributed by atoms with van der Waals surface area (Å²) in [5.41, 5.74) is 6.42. The van der Waals surface area contributed by atoms with Crippen LogP contribution in [0.4, 0.5) is 4.39 Å². The summed E-state index contributed by atoms with van der Waals surface area (Å²) < 4.78 is 40.4. The SMILES string of the molecule is Cc1ccc(S(=O)(=O)N(C)[C@H](C(N)=O)c2cccc(F)c2)c(Br)c1. The van der Waals surface area contributed by atoms with Gasteiger partial charge in [-0.15, -0.1) is 0 Å². The van der Waals surface area contributed by atoms with E-state index in [0.29, 0.717) is 4.47 Å². The van der Waals surface area contributed by atoms with E-state index in [2.05, 4.69) is 15.9 Å². The Morgan fingerprint density at radius 1 is 1.25 bits per heavy atom. The lowest BCUT2D eigenvalue weighted by molar-refractivity contribution is -0.121. The van der Waals surface area contributed by atoms with Gasteiger partial charge >= 0.3 is 0 Å². The Kier molecular flexibility index (Phi) is 5.42. The average molecular weight is 415 g/mol. The fourth-order valence-corrected chi connectivity index (χ4v) is 4.80. The molecule has 1 amide bonds. The van der Waals surface area contributed by atoms with E-state index in [4.69, 9.17) is 5.73 Å². The number of hydrogen-bond donors (Lipinski definition) is 1. The molecule has 0 unspecified atom stereocenters. The van der Waals surface area contributed by atoms with Crippen molar-refractivity contribution >= 4 is 31.9 Å². The molecule has 2 aromatic carbocycles. The molecule has 0 saturated heterocycles. The molecule has 0 radical (unpaired) electrons. The second kappa shape index (κ2) is 7.00. The topological polar surface area (TPSA) is 80.5 Å². The monoisotopic (exact) mass is 414 g/mol. The van der Waals surface area contributed by atoms with Crippen LogP contribution in [0.2, 0.25) is 0 Å². The molecule has 0 aromatic heterocycles. The average Bonchev–Trinajstić information content (AvgIpc) is 2.46. The first-order chi connectivity index (χ1) is 11.1. The summed E-state index contributed by atoms with van der Waals surface area (Å²) in [7, 11) is -2.79. The van der Waals surface area contributed by atoms with Gasteiger partial charge in [-0.2, -0.15) is 4.31 Å². The zero-order chi connectivity index (χ0) is 18.1. The van der Waals surface area contributed by atoms with Crippen molar-refractivity contribution in [1.29, 1.82) is 0 Å². The van der Waals surface area contributed by atoms with Crippen LogP contribution in [0.15, 0.2) is 51.8 Å². The number of likely N-dealkylation sites (N-methyl/N-ethyl adjacent to an activating group) is 1. The van der Waals surface area contributed by atoms with Crippen LogP contribution < -0.4 is 5.73 Å². The minimum atomic E-state index is -4.03. The lowest BCUT2D eigenvalue weighted by atomic mass is 10.1. The van der Waals surface area contributed by atoms with Crippen molar-refractivity contribution in [3.63, 3.8) is 0 Å². The summed E-state index contributed by atoms with van der Waals surface area (Å²) in [5, 5.41) is 0. The highest BCUT2D eigenvalue weighted by molar-refractivity contribution is 9.10. The molecule has 0 spiro atoms. The smallest absolute Gasteiger partial charge is 0.244 e. The van der Waals surface area contributed by atoms with Crippen molar-refractivity contribution < 1.29 is 17.6 Å². The van der Waals surface area contributed by atoms with E-state index in [9.17, 15) is 17.6 Å². The van der Waals surface area contributed by atoms with Crippen molar-refractivity contribution in [1.82, 2.24) is 4.31 Å². The highest BCUT2D eigenvalue weighted by Gasteiger charge is 2.34. The third-order valence-corrected chi connectivity index (χ3v) is 6.34. The van der Waals surface area contributed by atoms with Gasteiger partial charge in [0.25, 0.3) is 0 Å². The lowest BCUT2D eigenvalue weighted by Crippen LogP contribution is -2.39. The van der Waals surface area contributed by atoms with Crippen LogP contribution in [-0.4, -0.2) is 25.7 Å². The molecule has 1 atom stereocenters. The van der Waals surface area contributed by atoms with Crippen LogP contribution in [0, 0.1) is 12.7 Å². The van der Waals surface area contributed by atoms with Crippen LogP contribution in [-0.2, 0) is 14.8 Å². The molecule has 0 aliphatic rings. The van der Waals surface area contributed by atoms with Gasteiger partial charge < -0.3 is 5.73 Å². The molecule has 24 heavy (non-hydrogen) atoms. The van der Waals surface area contributed by atoms with E-state index < -0.39 is 27.8 Å². The van der Waals surface area contributed by atoms with E-state index in [1.807, 2.05) is 6.92 Å². The first-order valence-electron chi connectivity index (χ1n) is 6.93. The number of nitrogens with zero attached hydrogens (tertiary/aromatic N) is 1. The number of carbonyl (C=O) groups is 1. The zero-order valence-electron chi connectivity index (χ0n) is 13.0. The number of amides is 1. The third-order valence-electron chi connectivity index (χ3n) is 3.54. The molecule has 0 saturated carbocycles. The Morgan fingerprint density at radius 3 is 2.46 bits per heavy atom. The Balaban J connectivity index is 2.53. The van der Waals surface area contributed by atoms with E-state index in [1.165, 1.54) is 31.3 Å². The molecule has 0 fully saturated rings. The second-order valence-electron chi connectivity index (χ2n) is 5.32. The van der Waals surface area contributed by atoms with Gasteiger partial charge in [-0.1, -0.05) is 18.2 Å². The maximum atomic E-state index is 13.5. The summed E-state index contributed by atoms with van der Waals surface area (Å²) in [6, 6.07) is 8.55. The van der Waals surface area contributed by atoms with Crippen molar-refractivity contribution in [2.24, 2.45) is 5.73 Å². The molecule has 2 N–H and O–H groups in total. The number of aryl methyl sites for hydroxylation is 1. The summed E-state index contributed by atoms with van der Waals surface area (Å²) >= 11 is 3.22. The summed E-state index contributed by atoms with van der Waals surface area (Å²) in [6.45, 7) is 1.82. The first kappa shape index (κ1) is 18.6. The number of hydrogen-bond acceptors (Lipinski definition) is 3. The van der Waals surface area contributed by atoms with Gasteiger partial charge in [0.1, 0.15) is 11.9 Å². The quantitative estimate of drug-likeness (QED) is 0.816. The molecule has 0 aliphatic heterocycles. The van der Waals surface area contributed by atoms with E-state index in [1.54, 1.807) is 12.1 Å². The van der Waals surface area contributed by atoms with Crippen LogP contribution in [0.1, 0.15) is 17.2 Å². The molecular formula is C16H16BrFN2O3S. The van der Waals surface area contributed by atoms with Gasteiger partial charge in [-0.3, -0.25) is 4.79 Å². The number of primary amides is 1. The van der Waals surface area contributed by atoms with E-state index in [0.717, 1.165) is 15.9 Å². The Bertz CT molecular complexity index is 887. The minimum absolute atomic E-state index is 0.00162. The normalized spacial score (nSPS) is 13.0. The minimum Gasteiger partial charge on any atom is -0.368 e. The van der Waals surface area contributed by atoms with Gasteiger partial charge in [0.05, 0.1) is 4.90 Å². The van der Waals surface area contributed by atoms with Crippen molar-refractivity contribution in [3.8, 4) is 0 Å². The van der Waals surface area contributed by atoms with Gasteiger partial charge in [0.2, 0.25) is 15.9 Å². The van der Waals surface area contributed by atoms with Gasteiger partial charge in [0.15, 0.2) is 0 Å². The van der Waals surface area contributed by atoms with E-state index in [-0.39, 0.29) is 10.5 Å². The number of nitrogens with two attached hydrogens (primary N) is 1. The number of halogens is 2. The molecular weight excluding hydrogens is 399 g/mol. The first-order valence-corrected chi connectivity index (χ1v) is 9.17. The highest BCUT2D eigenvalue weighted by atomic mass is 79.9. The van der Waals surface area contributed by atoms with Crippen LogP contribution in [0.5, 0.6) is 0 Å². The standard InChI is InChI=1S/C16H16BrFN2O3S/c1-10-6-7-14(13(17)8-10)24(22,23)20(2)15(16(19)21)11-4-3-5-12(18)9-11/h3-9,15H,1-2H3,(H2,19,21)/t15-/m0/s1. The molecule has 2 rings (SSSR count). The number of benzene rings is 2. The Hall–Kier alpha value is -1.77. The Morgan fingerprint density at radius 2 is 1.92 bits per heavy atom. The maximum Gasteiger partial charge on any atom is 0.244 e. The highest BCUT2D eigenvalue weighted by Crippen LogP contribution is 2.30. The predicted molar refractivity (Wildman–Crippen MR) is 92.2 cm³/mol. The molecule has 8 heteroatoms. The fourth-order valence-electron chi connectivity index (χ4n) is 2.34. The van der Waals surface area contributed by atoms with Crippen molar-refractivity contribution in [2.45, 2.75) is 17.9 Å². The number of rotatable bonds is 5. The van der Waals surface area contributed by atoms with Crippen LogP contribution in [0.3, 0.4) is 0 Å². The molecule has 5 nitrogen and oxygen atoms in total. The summed E-state index contributed by atoms with van der Waals surface area (Å²) in [6.07, 6.45) is 0. The fraction of sp³-hybridized carbons (Fsp3) is 0.188. The molecule has 2 aromatic rings. The lowest BCUT2D eigenvalue weighted by Gasteiger charge is -2.26. The summed E-state index contributed by atoms with van der Waals surface area (Å²) in [5.74, 6) is -1.48. The number of carbonyl (C=O) groups excluding carboxylic acids is 1. The largest absolute Gasteiger partial charge is 0.368 e. The van der Waals surface area contributed by atoms with Crippen LogP contribution in [0.25, 0.3) is 0 Å². The van der Waals surface area contributed by atoms with Gasteiger partial charge in [-0.25, -0.2) is 12.8 Å². The zero-order valence-corrected chi connectivity index (χ0v) is 15.4. The Labute approximate surface area is 148 Å². The van der Waals surface area contributed by atoms with Gasteiger partial charge in [0, 0.05) is 11.5 Å². The second-order valence-corrected chi connectivity index (χ2v) is 8.14. The van der Waals surface area contributed by atoms with Crippen molar-refractivity contribution in [2.75, 3.05) is 7.05 Å². The molecule has 0 bridgehead atoms. The predicted octanol–water partition coefficient (Wildman–Crippen LogP) is 2.74. The molecule has 0 heterocycles. The molecule has 128 valence electrons. The van der Waals surface area contributed by atoms with E-state index >= 15 is 0 Å². The third kappa shape index (κ3) is 3.66.